The van der Waals surface area contributed by atoms with Crippen LogP contribution < -0.4 is 0 Å². The molecule has 1 aromatic carbocycles. The fourth-order valence-electron chi connectivity index (χ4n) is 1.25. The molecule has 2 aromatic rings. The summed E-state index contributed by atoms with van der Waals surface area (Å²) in [6.07, 6.45) is 0.625. The Balaban J connectivity index is 2.86. The summed E-state index contributed by atoms with van der Waals surface area (Å²) in [4.78, 5) is 14.4. The van der Waals surface area contributed by atoms with Crippen molar-refractivity contribution >= 4 is 28.8 Å². The topological polar surface area (TPSA) is 50.2 Å². The van der Waals surface area contributed by atoms with Gasteiger partial charge in [-0.05, 0) is 24.3 Å². The van der Waals surface area contributed by atoms with Gasteiger partial charge in [0.25, 0.3) is 0 Å². The van der Waals surface area contributed by atoms with Crippen LogP contribution >= 0.6 is 11.6 Å². The Kier molecular flexibility index (Phi) is 2.09. The maximum atomic E-state index is 10.5. The normalized spacial score (nSPS) is 10.4. The lowest BCUT2D eigenvalue weighted by molar-refractivity contribution is 0.111. The molecule has 0 atom stereocenters. The maximum Gasteiger partial charge on any atom is 0.168 e. The number of hydrogen-bond acceptors (Lipinski definition) is 3. The summed E-state index contributed by atoms with van der Waals surface area (Å²) >= 11 is 5.89. The van der Waals surface area contributed by atoms with E-state index >= 15 is 0 Å². The van der Waals surface area contributed by atoms with Crippen molar-refractivity contribution in [2.45, 2.75) is 0 Å². The Morgan fingerprint density at radius 1 is 1.29 bits per heavy atom. The van der Waals surface area contributed by atoms with Crippen LogP contribution in [-0.4, -0.2) is 16.4 Å². The van der Waals surface area contributed by atoms with Crippen LogP contribution in [0.5, 0.6) is 5.75 Å². The van der Waals surface area contributed by atoms with Crippen LogP contribution in [0.15, 0.2) is 24.3 Å². The summed E-state index contributed by atoms with van der Waals surface area (Å²) in [5, 5.41) is 10.6. The monoisotopic (exact) mass is 207 g/mol. The summed E-state index contributed by atoms with van der Waals surface area (Å²) < 4.78 is 0. The Hall–Kier alpha value is -1.61. The number of carbonyl (C=O) groups excluding carboxylic acids is 1. The van der Waals surface area contributed by atoms with E-state index in [1.165, 1.54) is 6.07 Å². The number of phenolic OH excluding ortho intramolecular Hbond substituents is 1. The van der Waals surface area contributed by atoms with E-state index in [1.807, 2.05) is 0 Å². The quantitative estimate of drug-likeness (QED) is 0.731. The zero-order valence-corrected chi connectivity index (χ0v) is 7.82. The molecule has 0 unspecified atom stereocenters. The minimum absolute atomic E-state index is 0.0214. The molecular formula is C10H6ClNO2. The van der Waals surface area contributed by atoms with Crippen LogP contribution in [0.25, 0.3) is 10.9 Å². The largest absolute Gasteiger partial charge is 0.506 e. The number of nitrogens with zero attached hydrogens (tertiary/aromatic N) is 1. The molecule has 0 aliphatic heterocycles. The van der Waals surface area contributed by atoms with Crippen LogP contribution in [-0.2, 0) is 0 Å². The van der Waals surface area contributed by atoms with Crippen molar-refractivity contribution in [3.05, 3.63) is 35.0 Å². The van der Waals surface area contributed by atoms with Crippen LogP contribution in [0.3, 0.4) is 0 Å². The van der Waals surface area contributed by atoms with Gasteiger partial charge in [0.05, 0.1) is 5.02 Å². The van der Waals surface area contributed by atoms with Crippen LogP contribution in [0.2, 0.25) is 5.02 Å². The van der Waals surface area contributed by atoms with E-state index in [0.29, 0.717) is 22.2 Å². The van der Waals surface area contributed by atoms with E-state index in [2.05, 4.69) is 4.98 Å². The third-order valence-corrected chi connectivity index (χ3v) is 2.25. The number of rotatable bonds is 1. The van der Waals surface area contributed by atoms with Crippen molar-refractivity contribution < 1.29 is 9.90 Å². The Labute approximate surface area is 85.0 Å². The summed E-state index contributed by atoms with van der Waals surface area (Å²) in [6, 6.07) is 6.25. The highest BCUT2D eigenvalue weighted by Crippen LogP contribution is 2.28. The van der Waals surface area contributed by atoms with Gasteiger partial charge >= 0.3 is 0 Å². The first-order valence-corrected chi connectivity index (χ1v) is 4.33. The third kappa shape index (κ3) is 1.32. The van der Waals surface area contributed by atoms with Gasteiger partial charge in [-0.3, -0.25) is 4.79 Å². The van der Waals surface area contributed by atoms with Crippen molar-refractivity contribution in [2.24, 2.45) is 0 Å². The first kappa shape index (κ1) is 8.97. The molecule has 1 heterocycles. The Bertz CT molecular complexity index is 511. The van der Waals surface area contributed by atoms with Crippen molar-refractivity contribution in [3.8, 4) is 5.75 Å². The molecule has 0 aliphatic rings. The maximum absolute atomic E-state index is 10.5. The number of aldehydes is 1. The highest BCUT2D eigenvalue weighted by Gasteiger charge is 2.05. The number of benzene rings is 1. The standard InChI is InChI=1S/C10H6ClNO2/c11-8-3-4-9(14)10-7(8)2-1-6(5-13)12-10/h1-5,14H. The number of hydrogen-bond donors (Lipinski definition) is 1. The second-order valence-electron chi connectivity index (χ2n) is 2.82. The molecule has 1 aromatic heterocycles. The number of halogens is 1. The van der Waals surface area contributed by atoms with E-state index in [1.54, 1.807) is 18.2 Å². The first-order chi connectivity index (χ1) is 6.72. The van der Waals surface area contributed by atoms with Crippen molar-refractivity contribution in [1.82, 2.24) is 4.98 Å². The molecule has 3 nitrogen and oxygen atoms in total. The molecule has 0 fully saturated rings. The molecule has 70 valence electrons. The van der Waals surface area contributed by atoms with Gasteiger partial charge in [0, 0.05) is 5.39 Å². The number of aromatic hydroxyl groups is 1. The predicted octanol–water partition coefficient (Wildman–Crippen LogP) is 2.41. The lowest BCUT2D eigenvalue weighted by atomic mass is 10.2. The Morgan fingerprint density at radius 2 is 2.07 bits per heavy atom. The highest BCUT2D eigenvalue weighted by molar-refractivity contribution is 6.35. The average Bonchev–Trinajstić information content (AvgIpc) is 2.23. The number of pyridine rings is 1. The molecule has 0 bridgehead atoms. The summed E-state index contributed by atoms with van der Waals surface area (Å²) in [7, 11) is 0. The van der Waals surface area contributed by atoms with E-state index in [0.717, 1.165) is 0 Å². The van der Waals surface area contributed by atoms with Crippen molar-refractivity contribution in [2.75, 3.05) is 0 Å². The fourth-order valence-corrected chi connectivity index (χ4v) is 1.46. The van der Waals surface area contributed by atoms with Gasteiger partial charge in [-0.2, -0.15) is 0 Å². The minimum Gasteiger partial charge on any atom is -0.506 e. The number of fused-ring (bicyclic) bond motifs is 1. The predicted molar refractivity (Wildman–Crippen MR) is 53.8 cm³/mol. The van der Waals surface area contributed by atoms with Gasteiger partial charge in [-0.1, -0.05) is 11.6 Å². The van der Waals surface area contributed by atoms with Crippen molar-refractivity contribution in [3.63, 3.8) is 0 Å². The van der Waals surface area contributed by atoms with Gasteiger partial charge in [-0.25, -0.2) is 4.98 Å². The van der Waals surface area contributed by atoms with Crippen molar-refractivity contribution in [1.29, 1.82) is 0 Å². The summed E-state index contributed by atoms with van der Waals surface area (Å²) in [5.41, 5.74) is 0.622. The fraction of sp³-hybridized carbons (Fsp3) is 0. The lowest BCUT2D eigenvalue weighted by Gasteiger charge is -2.02. The van der Waals surface area contributed by atoms with E-state index in [-0.39, 0.29) is 11.4 Å². The molecule has 2 rings (SSSR count). The SMILES string of the molecule is O=Cc1ccc2c(Cl)ccc(O)c2n1. The minimum atomic E-state index is 0.0214. The molecule has 0 radical (unpaired) electrons. The van der Waals surface area contributed by atoms with Gasteiger partial charge in [0.1, 0.15) is 17.0 Å². The number of aromatic nitrogens is 1. The zero-order chi connectivity index (χ0) is 10.1. The van der Waals surface area contributed by atoms with E-state index < -0.39 is 0 Å². The Morgan fingerprint density at radius 3 is 2.79 bits per heavy atom. The molecular weight excluding hydrogens is 202 g/mol. The summed E-state index contributed by atoms with van der Waals surface area (Å²) in [5.74, 6) is 0.0214. The number of carbonyl (C=O) groups is 1. The van der Waals surface area contributed by atoms with Crippen LogP contribution in [0.4, 0.5) is 0 Å². The molecule has 0 saturated heterocycles. The second kappa shape index (κ2) is 3.27. The van der Waals surface area contributed by atoms with Crippen LogP contribution in [0.1, 0.15) is 10.5 Å². The smallest absolute Gasteiger partial charge is 0.168 e. The molecule has 4 heteroatoms. The first-order valence-electron chi connectivity index (χ1n) is 3.96. The third-order valence-electron chi connectivity index (χ3n) is 1.92. The molecule has 1 N–H and O–H groups in total. The second-order valence-corrected chi connectivity index (χ2v) is 3.22. The number of phenols is 1. The van der Waals surface area contributed by atoms with Gasteiger partial charge in [0.2, 0.25) is 0 Å². The van der Waals surface area contributed by atoms with E-state index in [9.17, 15) is 9.90 Å². The average molecular weight is 208 g/mol. The molecule has 0 amide bonds. The van der Waals surface area contributed by atoms with Gasteiger partial charge in [0.15, 0.2) is 6.29 Å². The molecule has 0 aliphatic carbocycles. The summed E-state index contributed by atoms with van der Waals surface area (Å²) in [6.45, 7) is 0. The van der Waals surface area contributed by atoms with Crippen LogP contribution in [0, 0.1) is 0 Å². The highest BCUT2D eigenvalue weighted by atomic mass is 35.5. The lowest BCUT2D eigenvalue weighted by Crippen LogP contribution is -1.88. The van der Waals surface area contributed by atoms with Gasteiger partial charge < -0.3 is 5.11 Å². The molecule has 0 spiro atoms. The van der Waals surface area contributed by atoms with Gasteiger partial charge in [-0.15, -0.1) is 0 Å². The molecule has 0 saturated carbocycles. The molecule has 14 heavy (non-hydrogen) atoms. The zero-order valence-electron chi connectivity index (χ0n) is 7.07. The van der Waals surface area contributed by atoms with E-state index in [4.69, 9.17) is 11.6 Å².